The number of nitrogens with zero attached hydrogens (tertiary/aromatic N) is 3. The summed E-state index contributed by atoms with van der Waals surface area (Å²) >= 11 is 0. The van der Waals surface area contributed by atoms with Gasteiger partial charge >= 0.3 is 0 Å². The first-order chi connectivity index (χ1) is 27.4. The Labute approximate surface area is 335 Å². The molecule has 0 aliphatic rings. The van der Waals surface area contributed by atoms with Gasteiger partial charge in [-0.25, -0.2) is 9.97 Å². The second kappa shape index (κ2) is 13.9. The molecule has 3 heterocycles. The van der Waals surface area contributed by atoms with Crippen molar-refractivity contribution in [3.05, 3.63) is 175 Å². The van der Waals surface area contributed by atoms with Crippen molar-refractivity contribution < 1.29 is 0 Å². The third kappa shape index (κ3) is 6.86. The van der Waals surface area contributed by atoms with Gasteiger partial charge in [0, 0.05) is 44.7 Å². The van der Waals surface area contributed by atoms with E-state index in [2.05, 4.69) is 204 Å². The van der Waals surface area contributed by atoms with Crippen LogP contribution in [0.2, 0.25) is 0 Å². The highest BCUT2D eigenvalue weighted by atomic mass is 15.2. The highest BCUT2D eigenvalue weighted by molar-refractivity contribution is 6.11. The fourth-order valence-electron chi connectivity index (χ4n) is 8.05. The quantitative estimate of drug-likeness (QED) is 0.185. The Morgan fingerprint density at radius 1 is 0.526 bits per heavy atom. The molecule has 0 unspecified atom stereocenters. The molecular formula is C53H48N4. The standard InChI is InChI=1S/C53H48N4/c1-34-26-38(30-41(27-34)57(50-24-12-13-25-54-50)49-23-14-17-35-16-8-9-18-42(35)49)47-31-37(36-28-39(52(2,3)4)33-40(29-36)53(5,6)7)32-48(55-47)45-21-15-20-44-43-19-10-11-22-46(43)56-51(44)45/h8-33,56H,1-7H3. The summed E-state index contributed by atoms with van der Waals surface area (Å²) in [7, 11) is 0. The minimum Gasteiger partial charge on any atom is -0.354 e. The maximum absolute atomic E-state index is 5.54. The molecule has 0 saturated heterocycles. The SMILES string of the molecule is Cc1cc(-c2cc(-c3cc(C(C)(C)C)cc(C(C)(C)C)c3)cc(-c3cccc4c3[nH]c3ccccc34)n2)cc(N(c2ccccn2)c2cccc3ccccc23)c1. The third-order valence-corrected chi connectivity index (χ3v) is 11.1. The number of pyridine rings is 2. The lowest BCUT2D eigenvalue weighted by molar-refractivity contribution is 0.569. The van der Waals surface area contributed by atoms with E-state index in [-0.39, 0.29) is 10.8 Å². The Hall–Kier alpha value is -6.52. The average Bonchev–Trinajstić information content (AvgIpc) is 3.59. The van der Waals surface area contributed by atoms with E-state index < -0.39 is 0 Å². The number of benzene rings is 6. The number of anilines is 3. The molecule has 0 amide bonds. The van der Waals surface area contributed by atoms with Gasteiger partial charge in [-0.15, -0.1) is 0 Å². The van der Waals surface area contributed by atoms with Crippen molar-refractivity contribution in [3.8, 4) is 33.6 Å². The van der Waals surface area contributed by atoms with Gasteiger partial charge in [-0.1, -0.05) is 139 Å². The van der Waals surface area contributed by atoms with Crippen molar-refractivity contribution in [1.29, 1.82) is 0 Å². The van der Waals surface area contributed by atoms with Crippen LogP contribution in [-0.4, -0.2) is 15.0 Å². The topological polar surface area (TPSA) is 44.8 Å². The maximum Gasteiger partial charge on any atom is 0.137 e. The van der Waals surface area contributed by atoms with Crippen molar-refractivity contribution in [2.75, 3.05) is 4.90 Å². The molecule has 0 spiro atoms. The molecule has 0 saturated carbocycles. The first-order valence-electron chi connectivity index (χ1n) is 19.9. The van der Waals surface area contributed by atoms with Crippen LogP contribution in [0.5, 0.6) is 0 Å². The number of rotatable bonds is 6. The van der Waals surface area contributed by atoms with Crippen molar-refractivity contribution in [2.45, 2.75) is 59.3 Å². The molecule has 3 aromatic heterocycles. The van der Waals surface area contributed by atoms with Crippen molar-refractivity contribution in [1.82, 2.24) is 15.0 Å². The van der Waals surface area contributed by atoms with Crippen LogP contribution < -0.4 is 4.90 Å². The van der Waals surface area contributed by atoms with E-state index in [4.69, 9.17) is 9.97 Å². The summed E-state index contributed by atoms with van der Waals surface area (Å²) in [6.45, 7) is 16.0. The highest BCUT2D eigenvalue weighted by Gasteiger charge is 2.23. The Bertz CT molecular complexity index is 2900. The molecule has 9 aromatic rings. The monoisotopic (exact) mass is 740 g/mol. The van der Waals surface area contributed by atoms with Crippen LogP contribution >= 0.6 is 0 Å². The summed E-state index contributed by atoms with van der Waals surface area (Å²) in [6.07, 6.45) is 1.86. The van der Waals surface area contributed by atoms with E-state index in [9.17, 15) is 0 Å². The normalized spacial score (nSPS) is 12.1. The minimum atomic E-state index is -0.0212. The molecule has 280 valence electrons. The number of nitrogens with one attached hydrogen (secondary N) is 1. The van der Waals surface area contributed by atoms with Crippen LogP contribution in [0.15, 0.2) is 158 Å². The molecule has 0 aliphatic carbocycles. The Balaban J connectivity index is 1.30. The second-order valence-corrected chi connectivity index (χ2v) is 17.4. The summed E-state index contributed by atoms with van der Waals surface area (Å²) in [4.78, 5) is 16.5. The molecule has 4 heteroatoms. The van der Waals surface area contributed by atoms with Gasteiger partial charge in [-0.2, -0.15) is 0 Å². The smallest absolute Gasteiger partial charge is 0.137 e. The number of fused-ring (bicyclic) bond motifs is 4. The Kier molecular flexibility index (Phi) is 8.81. The predicted octanol–water partition coefficient (Wildman–Crippen LogP) is 14.6. The van der Waals surface area contributed by atoms with E-state index in [1.165, 1.54) is 32.8 Å². The summed E-state index contributed by atoms with van der Waals surface area (Å²) in [6, 6.07) is 54.7. The zero-order valence-corrected chi connectivity index (χ0v) is 33.9. The van der Waals surface area contributed by atoms with Crippen LogP contribution in [-0.2, 0) is 10.8 Å². The average molecular weight is 741 g/mol. The third-order valence-electron chi connectivity index (χ3n) is 11.1. The van der Waals surface area contributed by atoms with Gasteiger partial charge in [0.15, 0.2) is 0 Å². The number of aryl methyl sites for hydroxylation is 1. The first kappa shape index (κ1) is 36.1. The van der Waals surface area contributed by atoms with Gasteiger partial charge in [0.05, 0.1) is 22.6 Å². The lowest BCUT2D eigenvalue weighted by Gasteiger charge is -2.27. The molecule has 0 bridgehead atoms. The van der Waals surface area contributed by atoms with Crippen molar-refractivity contribution >= 4 is 49.8 Å². The number of aromatic amines is 1. The van der Waals surface area contributed by atoms with E-state index in [1.807, 2.05) is 12.3 Å². The van der Waals surface area contributed by atoms with E-state index >= 15 is 0 Å². The highest BCUT2D eigenvalue weighted by Crippen LogP contribution is 2.42. The summed E-state index contributed by atoms with van der Waals surface area (Å²) in [5.41, 5.74) is 14.3. The van der Waals surface area contributed by atoms with Crippen molar-refractivity contribution in [3.63, 3.8) is 0 Å². The van der Waals surface area contributed by atoms with E-state index in [0.29, 0.717) is 0 Å². The lowest BCUT2D eigenvalue weighted by Crippen LogP contribution is -2.16. The van der Waals surface area contributed by atoms with Crippen LogP contribution in [0.3, 0.4) is 0 Å². The van der Waals surface area contributed by atoms with Gasteiger partial charge in [0.1, 0.15) is 5.82 Å². The van der Waals surface area contributed by atoms with Gasteiger partial charge in [-0.05, 0) is 106 Å². The zero-order chi connectivity index (χ0) is 39.5. The number of aromatic nitrogens is 3. The predicted molar refractivity (Wildman–Crippen MR) is 242 cm³/mol. The molecule has 9 rings (SSSR count). The van der Waals surface area contributed by atoms with Gasteiger partial charge in [0.2, 0.25) is 0 Å². The van der Waals surface area contributed by atoms with Crippen LogP contribution in [0.25, 0.3) is 66.2 Å². The van der Waals surface area contributed by atoms with Gasteiger partial charge < -0.3 is 4.98 Å². The molecule has 0 aliphatic heterocycles. The number of hydrogen-bond acceptors (Lipinski definition) is 3. The zero-order valence-electron chi connectivity index (χ0n) is 33.9. The fourth-order valence-corrected chi connectivity index (χ4v) is 8.05. The molecule has 0 fully saturated rings. The van der Waals surface area contributed by atoms with E-state index in [0.717, 1.165) is 67.3 Å². The Morgan fingerprint density at radius 3 is 1.93 bits per heavy atom. The maximum atomic E-state index is 5.54. The van der Waals surface area contributed by atoms with Gasteiger partial charge in [0.25, 0.3) is 0 Å². The molecule has 6 aromatic carbocycles. The van der Waals surface area contributed by atoms with Crippen LogP contribution in [0.1, 0.15) is 58.2 Å². The fraction of sp³-hybridized carbons (Fsp3) is 0.170. The summed E-state index contributed by atoms with van der Waals surface area (Å²) in [5.74, 6) is 0.854. The van der Waals surface area contributed by atoms with Gasteiger partial charge in [-0.3, -0.25) is 4.90 Å². The van der Waals surface area contributed by atoms with E-state index in [1.54, 1.807) is 0 Å². The number of hydrogen-bond donors (Lipinski definition) is 1. The molecule has 1 N–H and O–H groups in total. The summed E-state index contributed by atoms with van der Waals surface area (Å²) < 4.78 is 0. The Morgan fingerprint density at radius 2 is 1.18 bits per heavy atom. The second-order valence-electron chi connectivity index (χ2n) is 17.4. The molecule has 57 heavy (non-hydrogen) atoms. The van der Waals surface area contributed by atoms with Crippen molar-refractivity contribution in [2.24, 2.45) is 0 Å². The molecule has 4 nitrogen and oxygen atoms in total. The number of para-hydroxylation sites is 2. The molecule has 0 radical (unpaired) electrons. The van der Waals surface area contributed by atoms with Crippen LogP contribution in [0.4, 0.5) is 17.2 Å². The first-order valence-corrected chi connectivity index (χ1v) is 19.9. The summed E-state index contributed by atoms with van der Waals surface area (Å²) in [5, 5.41) is 4.75. The van der Waals surface area contributed by atoms with Crippen LogP contribution in [0, 0.1) is 6.92 Å². The molecule has 0 atom stereocenters. The molecular weight excluding hydrogens is 693 g/mol. The largest absolute Gasteiger partial charge is 0.354 e. The lowest BCUT2D eigenvalue weighted by atomic mass is 9.79. The minimum absolute atomic E-state index is 0.0212. The number of H-pyrrole nitrogens is 1.